The second-order valence-electron chi connectivity index (χ2n) is 7.28. The minimum atomic E-state index is -0.284. The van der Waals surface area contributed by atoms with E-state index in [1.807, 2.05) is 50.2 Å². The number of carbonyl (C=O) groups excluding carboxylic acids is 2. The molecule has 0 unspecified atom stereocenters. The summed E-state index contributed by atoms with van der Waals surface area (Å²) in [5.74, 6) is 1.05. The number of likely N-dealkylation sites (tertiary alicyclic amines) is 1. The first-order valence-electron chi connectivity index (χ1n) is 10.0. The summed E-state index contributed by atoms with van der Waals surface area (Å²) in [6, 6.07) is 13.3. The first kappa shape index (κ1) is 20.7. The summed E-state index contributed by atoms with van der Waals surface area (Å²) in [7, 11) is 0. The van der Waals surface area contributed by atoms with Crippen LogP contribution in [0.15, 0.2) is 42.5 Å². The van der Waals surface area contributed by atoms with Gasteiger partial charge in [0.2, 0.25) is 5.91 Å². The molecule has 0 atom stereocenters. The van der Waals surface area contributed by atoms with Crippen molar-refractivity contribution in [2.45, 2.75) is 33.3 Å². The molecule has 1 heterocycles. The van der Waals surface area contributed by atoms with Crippen LogP contribution in [-0.2, 0) is 11.4 Å². The number of carbonyl (C=O) groups is 2. The van der Waals surface area contributed by atoms with Crippen LogP contribution in [0.2, 0.25) is 0 Å². The number of nitrogens with two attached hydrogens (primary N) is 1. The molecule has 2 aromatic carbocycles. The van der Waals surface area contributed by atoms with Crippen LogP contribution in [0, 0.1) is 12.8 Å². The van der Waals surface area contributed by atoms with Crippen LogP contribution in [0.25, 0.3) is 0 Å². The lowest BCUT2D eigenvalue weighted by molar-refractivity contribution is -0.123. The van der Waals surface area contributed by atoms with Crippen molar-refractivity contribution in [3.8, 4) is 11.5 Å². The highest BCUT2D eigenvalue weighted by Crippen LogP contribution is 2.26. The predicted molar refractivity (Wildman–Crippen MR) is 111 cm³/mol. The summed E-state index contributed by atoms with van der Waals surface area (Å²) in [5.41, 5.74) is 7.86. The summed E-state index contributed by atoms with van der Waals surface area (Å²) in [6.45, 7) is 5.84. The Morgan fingerprint density at radius 3 is 2.45 bits per heavy atom. The van der Waals surface area contributed by atoms with Gasteiger partial charge in [-0.2, -0.15) is 0 Å². The van der Waals surface area contributed by atoms with E-state index in [-0.39, 0.29) is 17.7 Å². The second-order valence-corrected chi connectivity index (χ2v) is 7.28. The van der Waals surface area contributed by atoms with Gasteiger partial charge >= 0.3 is 0 Å². The van der Waals surface area contributed by atoms with Crippen LogP contribution >= 0.6 is 0 Å². The molecule has 154 valence electrons. The van der Waals surface area contributed by atoms with Crippen molar-refractivity contribution in [2.75, 3.05) is 19.7 Å². The Bertz CT molecular complexity index is 873. The SMILES string of the molecule is CCOc1ccc(C(=O)N2CCC(C(N)=O)CC2)cc1COc1ccccc1C. The van der Waals surface area contributed by atoms with Gasteiger partial charge < -0.3 is 20.1 Å². The minimum Gasteiger partial charge on any atom is -0.493 e. The lowest BCUT2D eigenvalue weighted by atomic mass is 9.95. The number of piperidine rings is 1. The van der Waals surface area contributed by atoms with Gasteiger partial charge in [-0.05, 0) is 56.5 Å². The number of rotatable bonds is 7. The number of nitrogens with zero attached hydrogens (tertiary/aromatic N) is 1. The summed E-state index contributed by atoms with van der Waals surface area (Å²) < 4.78 is 11.7. The van der Waals surface area contributed by atoms with E-state index < -0.39 is 0 Å². The Morgan fingerprint density at radius 2 is 1.79 bits per heavy atom. The lowest BCUT2D eigenvalue weighted by Crippen LogP contribution is -2.41. The van der Waals surface area contributed by atoms with Crippen molar-refractivity contribution in [3.63, 3.8) is 0 Å². The highest BCUT2D eigenvalue weighted by Gasteiger charge is 2.26. The molecule has 6 heteroatoms. The molecule has 0 aliphatic carbocycles. The van der Waals surface area contributed by atoms with E-state index in [4.69, 9.17) is 15.2 Å². The number of ether oxygens (including phenoxy) is 2. The van der Waals surface area contributed by atoms with Gasteiger partial charge in [0.25, 0.3) is 5.91 Å². The third kappa shape index (κ3) is 5.08. The molecule has 0 saturated carbocycles. The maximum absolute atomic E-state index is 13.0. The highest BCUT2D eigenvalue weighted by atomic mass is 16.5. The number of hydrogen-bond donors (Lipinski definition) is 1. The molecule has 1 fully saturated rings. The molecule has 1 aliphatic heterocycles. The average molecular weight is 396 g/mol. The molecule has 0 spiro atoms. The highest BCUT2D eigenvalue weighted by molar-refractivity contribution is 5.94. The molecule has 1 aliphatic rings. The van der Waals surface area contributed by atoms with E-state index in [1.165, 1.54) is 0 Å². The molecule has 0 bridgehead atoms. The summed E-state index contributed by atoms with van der Waals surface area (Å²) >= 11 is 0. The molecule has 2 amide bonds. The topological polar surface area (TPSA) is 81.9 Å². The van der Waals surface area contributed by atoms with Crippen molar-refractivity contribution in [1.82, 2.24) is 4.90 Å². The first-order valence-corrected chi connectivity index (χ1v) is 10.0. The smallest absolute Gasteiger partial charge is 0.253 e. The quantitative estimate of drug-likeness (QED) is 0.778. The van der Waals surface area contributed by atoms with Gasteiger partial charge in [-0.1, -0.05) is 18.2 Å². The van der Waals surface area contributed by atoms with E-state index >= 15 is 0 Å². The maximum atomic E-state index is 13.0. The van der Waals surface area contributed by atoms with Crippen LogP contribution in [0.3, 0.4) is 0 Å². The fraction of sp³-hybridized carbons (Fsp3) is 0.391. The molecule has 2 N–H and O–H groups in total. The fourth-order valence-corrected chi connectivity index (χ4v) is 3.55. The van der Waals surface area contributed by atoms with E-state index in [9.17, 15) is 9.59 Å². The largest absolute Gasteiger partial charge is 0.493 e. The molecular formula is C23H28N2O4. The summed E-state index contributed by atoms with van der Waals surface area (Å²) in [6.07, 6.45) is 1.22. The van der Waals surface area contributed by atoms with Crippen molar-refractivity contribution in [2.24, 2.45) is 11.7 Å². The van der Waals surface area contributed by atoms with Gasteiger partial charge in [0.15, 0.2) is 0 Å². The Balaban J connectivity index is 1.74. The number of amides is 2. The Labute approximate surface area is 171 Å². The molecule has 29 heavy (non-hydrogen) atoms. The van der Waals surface area contributed by atoms with E-state index in [0.717, 1.165) is 16.9 Å². The van der Waals surface area contributed by atoms with Crippen LogP contribution in [0.1, 0.15) is 41.3 Å². The molecule has 3 rings (SSSR count). The van der Waals surface area contributed by atoms with Gasteiger partial charge in [0.05, 0.1) is 6.61 Å². The predicted octanol–water partition coefficient (Wildman–Crippen LogP) is 3.31. The third-order valence-corrected chi connectivity index (χ3v) is 5.27. The molecule has 1 saturated heterocycles. The Kier molecular flexibility index (Phi) is 6.75. The van der Waals surface area contributed by atoms with E-state index in [0.29, 0.717) is 50.5 Å². The zero-order valence-corrected chi connectivity index (χ0v) is 17.0. The molecule has 2 aromatic rings. The van der Waals surface area contributed by atoms with Crippen molar-refractivity contribution >= 4 is 11.8 Å². The average Bonchev–Trinajstić information content (AvgIpc) is 2.73. The third-order valence-electron chi connectivity index (χ3n) is 5.27. The van der Waals surface area contributed by atoms with Gasteiger partial charge in [-0.25, -0.2) is 0 Å². The van der Waals surface area contributed by atoms with Gasteiger partial charge in [0, 0.05) is 30.1 Å². The first-order chi connectivity index (χ1) is 14.0. The zero-order chi connectivity index (χ0) is 20.8. The Hall–Kier alpha value is -3.02. The maximum Gasteiger partial charge on any atom is 0.253 e. The fourth-order valence-electron chi connectivity index (χ4n) is 3.55. The normalized spacial score (nSPS) is 14.5. The number of para-hydroxylation sites is 1. The number of aryl methyl sites for hydroxylation is 1. The molecular weight excluding hydrogens is 368 g/mol. The summed E-state index contributed by atoms with van der Waals surface area (Å²) in [5, 5.41) is 0. The van der Waals surface area contributed by atoms with Crippen molar-refractivity contribution in [1.29, 1.82) is 0 Å². The number of benzene rings is 2. The number of hydrogen-bond acceptors (Lipinski definition) is 4. The zero-order valence-electron chi connectivity index (χ0n) is 17.0. The van der Waals surface area contributed by atoms with Crippen LogP contribution in [0.5, 0.6) is 11.5 Å². The van der Waals surface area contributed by atoms with Crippen molar-refractivity contribution in [3.05, 3.63) is 59.2 Å². The van der Waals surface area contributed by atoms with Crippen LogP contribution in [0.4, 0.5) is 0 Å². The summed E-state index contributed by atoms with van der Waals surface area (Å²) in [4.78, 5) is 26.1. The number of primary amides is 1. The molecule has 0 aromatic heterocycles. The monoisotopic (exact) mass is 396 g/mol. The van der Waals surface area contributed by atoms with E-state index in [1.54, 1.807) is 11.0 Å². The van der Waals surface area contributed by atoms with Gasteiger partial charge in [-0.15, -0.1) is 0 Å². The Morgan fingerprint density at radius 1 is 1.07 bits per heavy atom. The molecule has 0 radical (unpaired) electrons. The standard InChI is InChI=1S/C23H28N2O4/c1-3-28-21-9-8-18(23(27)25-12-10-17(11-13-25)22(24)26)14-19(21)15-29-20-7-5-4-6-16(20)2/h4-9,14,17H,3,10-13,15H2,1-2H3,(H2,24,26). The van der Waals surface area contributed by atoms with E-state index in [2.05, 4.69) is 0 Å². The lowest BCUT2D eigenvalue weighted by Gasteiger charge is -2.30. The molecule has 6 nitrogen and oxygen atoms in total. The van der Waals surface area contributed by atoms with Crippen LogP contribution < -0.4 is 15.2 Å². The van der Waals surface area contributed by atoms with Crippen molar-refractivity contribution < 1.29 is 19.1 Å². The minimum absolute atomic E-state index is 0.0480. The van der Waals surface area contributed by atoms with Crippen LogP contribution in [-0.4, -0.2) is 36.4 Å². The van der Waals surface area contributed by atoms with Gasteiger partial charge in [-0.3, -0.25) is 9.59 Å². The van der Waals surface area contributed by atoms with Gasteiger partial charge in [0.1, 0.15) is 18.1 Å². The second kappa shape index (κ2) is 9.45.